The normalized spacial score (nSPS) is 26.0. The van der Waals surface area contributed by atoms with Crippen LogP contribution >= 0.6 is 11.6 Å². The second-order valence-electron chi connectivity index (χ2n) is 6.25. The molecule has 1 N–H and O–H groups in total. The van der Waals surface area contributed by atoms with Gasteiger partial charge < -0.3 is 14.6 Å². The lowest BCUT2D eigenvalue weighted by molar-refractivity contribution is -0.0609. The zero-order valence-electron chi connectivity index (χ0n) is 13.9. The summed E-state index contributed by atoms with van der Waals surface area (Å²) in [6.07, 6.45) is 1.75. The molecule has 1 fully saturated rings. The summed E-state index contributed by atoms with van der Waals surface area (Å²) in [5, 5.41) is 11.1. The largest absolute Gasteiger partial charge is 0.493 e. The summed E-state index contributed by atoms with van der Waals surface area (Å²) in [6.45, 7) is 6.56. The van der Waals surface area contributed by atoms with Crippen molar-refractivity contribution in [2.75, 3.05) is 27.3 Å². The maximum absolute atomic E-state index is 10.5. The second-order valence-corrected chi connectivity index (χ2v) is 6.68. The highest BCUT2D eigenvalue weighted by atomic mass is 35.5. The maximum atomic E-state index is 10.5. The van der Waals surface area contributed by atoms with E-state index in [-0.39, 0.29) is 5.92 Å². The SMILES string of the molecule is CC[C@@H]1CN(Cc2cc(Cl)cc(OC)c2OC)CC[C@]1(C)O. The molecular weight excluding hydrogens is 302 g/mol. The second kappa shape index (κ2) is 7.07. The van der Waals surface area contributed by atoms with Crippen molar-refractivity contribution in [3.8, 4) is 11.5 Å². The highest BCUT2D eigenvalue weighted by Gasteiger charge is 2.36. The van der Waals surface area contributed by atoms with Crippen molar-refractivity contribution in [3.05, 3.63) is 22.7 Å². The van der Waals surface area contributed by atoms with Crippen LogP contribution in [0.2, 0.25) is 5.02 Å². The number of aliphatic hydroxyl groups is 1. The summed E-state index contributed by atoms with van der Waals surface area (Å²) in [7, 11) is 3.26. The molecule has 5 heteroatoms. The molecule has 22 heavy (non-hydrogen) atoms. The van der Waals surface area contributed by atoms with Crippen molar-refractivity contribution >= 4 is 11.6 Å². The number of likely N-dealkylation sites (tertiary alicyclic amines) is 1. The zero-order valence-corrected chi connectivity index (χ0v) is 14.6. The van der Waals surface area contributed by atoms with E-state index in [9.17, 15) is 5.11 Å². The first-order chi connectivity index (χ1) is 10.4. The van der Waals surface area contributed by atoms with Gasteiger partial charge >= 0.3 is 0 Å². The lowest BCUT2D eigenvalue weighted by Gasteiger charge is -2.42. The van der Waals surface area contributed by atoms with E-state index in [4.69, 9.17) is 21.1 Å². The minimum absolute atomic E-state index is 0.285. The molecule has 1 aromatic carbocycles. The van der Waals surface area contributed by atoms with E-state index >= 15 is 0 Å². The van der Waals surface area contributed by atoms with Crippen LogP contribution < -0.4 is 9.47 Å². The van der Waals surface area contributed by atoms with E-state index < -0.39 is 5.60 Å². The molecule has 1 aliphatic rings. The van der Waals surface area contributed by atoms with Crippen LogP contribution in [0, 0.1) is 5.92 Å². The van der Waals surface area contributed by atoms with Gasteiger partial charge in [-0.15, -0.1) is 0 Å². The Morgan fingerprint density at radius 3 is 2.68 bits per heavy atom. The van der Waals surface area contributed by atoms with Crippen LogP contribution in [0.5, 0.6) is 11.5 Å². The molecule has 0 aliphatic carbocycles. The van der Waals surface area contributed by atoms with Gasteiger partial charge in [0.25, 0.3) is 0 Å². The topological polar surface area (TPSA) is 41.9 Å². The highest BCUT2D eigenvalue weighted by Crippen LogP contribution is 2.37. The summed E-state index contributed by atoms with van der Waals surface area (Å²) in [4.78, 5) is 2.35. The van der Waals surface area contributed by atoms with E-state index in [0.29, 0.717) is 10.8 Å². The third kappa shape index (κ3) is 3.67. The number of piperidine rings is 1. The van der Waals surface area contributed by atoms with Crippen molar-refractivity contribution in [2.24, 2.45) is 5.92 Å². The highest BCUT2D eigenvalue weighted by molar-refractivity contribution is 6.30. The predicted octanol–water partition coefficient (Wildman–Crippen LogP) is 3.34. The number of halogens is 1. The fourth-order valence-electron chi connectivity index (χ4n) is 3.27. The third-order valence-electron chi connectivity index (χ3n) is 4.70. The van der Waals surface area contributed by atoms with Gasteiger partial charge in [-0.05, 0) is 31.7 Å². The predicted molar refractivity (Wildman–Crippen MR) is 88.9 cm³/mol. The minimum Gasteiger partial charge on any atom is -0.493 e. The van der Waals surface area contributed by atoms with Crippen LogP contribution in [0.1, 0.15) is 32.3 Å². The van der Waals surface area contributed by atoms with Gasteiger partial charge in [-0.3, -0.25) is 4.90 Å². The van der Waals surface area contributed by atoms with E-state index in [1.165, 1.54) is 0 Å². The molecule has 0 amide bonds. The maximum Gasteiger partial charge on any atom is 0.165 e. The number of methoxy groups -OCH3 is 2. The van der Waals surface area contributed by atoms with Crippen molar-refractivity contribution in [1.29, 1.82) is 0 Å². The Bertz CT molecular complexity index is 519. The van der Waals surface area contributed by atoms with Gasteiger partial charge in [0.2, 0.25) is 0 Å². The molecule has 0 aromatic heterocycles. The molecule has 4 nitrogen and oxygen atoms in total. The van der Waals surface area contributed by atoms with Gasteiger partial charge in [0.05, 0.1) is 19.8 Å². The summed E-state index contributed by atoms with van der Waals surface area (Å²) in [5.41, 5.74) is 0.449. The summed E-state index contributed by atoms with van der Waals surface area (Å²) < 4.78 is 10.9. The third-order valence-corrected chi connectivity index (χ3v) is 4.92. The summed E-state index contributed by atoms with van der Waals surface area (Å²) in [6, 6.07) is 3.69. The molecule has 0 radical (unpaired) electrons. The molecule has 0 bridgehead atoms. The number of nitrogens with zero attached hydrogens (tertiary/aromatic N) is 1. The Morgan fingerprint density at radius 1 is 1.36 bits per heavy atom. The first-order valence-electron chi connectivity index (χ1n) is 7.76. The average molecular weight is 328 g/mol. The van der Waals surface area contributed by atoms with Gasteiger partial charge in [-0.1, -0.05) is 18.5 Å². The van der Waals surface area contributed by atoms with Crippen molar-refractivity contribution in [1.82, 2.24) is 4.90 Å². The fourth-order valence-corrected chi connectivity index (χ4v) is 3.50. The van der Waals surface area contributed by atoms with Gasteiger partial charge in [0.15, 0.2) is 11.5 Å². The van der Waals surface area contributed by atoms with Gasteiger partial charge in [-0.25, -0.2) is 0 Å². The van der Waals surface area contributed by atoms with Crippen LogP contribution in [0.25, 0.3) is 0 Å². The Morgan fingerprint density at radius 2 is 2.09 bits per heavy atom. The molecule has 0 saturated carbocycles. The lowest BCUT2D eigenvalue weighted by Crippen LogP contribution is -2.49. The standard InChI is InChI=1S/C17H26ClNO3/c1-5-13-11-19(7-6-17(13,2)20)10-12-8-14(18)9-15(21-3)16(12)22-4/h8-9,13,20H,5-7,10-11H2,1-4H3/t13-,17+/m1/s1. The number of hydrogen-bond acceptors (Lipinski definition) is 4. The molecule has 0 unspecified atom stereocenters. The number of benzene rings is 1. The zero-order chi connectivity index (χ0) is 16.3. The van der Waals surface area contributed by atoms with E-state index in [1.54, 1.807) is 20.3 Å². The van der Waals surface area contributed by atoms with E-state index in [0.717, 1.165) is 43.8 Å². The summed E-state index contributed by atoms with van der Waals surface area (Å²) >= 11 is 6.18. The van der Waals surface area contributed by atoms with Gasteiger partial charge in [0, 0.05) is 36.3 Å². The van der Waals surface area contributed by atoms with Crippen LogP contribution in [-0.2, 0) is 6.54 Å². The smallest absolute Gasteiger partial charge is 0.165 e. The molecule has 124 valence electrons. The first-order valence-corrected chi connectivity index (χ1v) is 8.14. The number of rotatable bonds is 5. The number of ether oxygens (including phenoxy) is 2. The quantitative estimate of drug-likeness (QED) is 0.900. The molecule has 1 saturated heterocycles. The molecule has 2 rings (SSSR count). The van der Waals surface area contributed by atoms with Crippen molar-refractivity contribution < 1.29 is 14.6 Å². The van der Waals surface area contributed by atoms with Crippen molar-refractivity contribution in [2.45, 2.75) is 38.8 Å². The average Bonchev–Trinajstić information content (AvgIpc) is 2.48. The Kier molecular flexibility index (Phi) is 5.59. The lowest BCUT2D eigenvalue weighted by atomic mass is 9.81. The molecular formula is C17H26ClNO3. The number of hydrogen-bond donors (Lipinski definition) is 1. The molecule has 1 aliphatic heterocycles. The van der Waals surface area contributed by atoms with Crippen LogP contribution in [-0.4, -0.2) is 42.9 Å². The van der Waals surface area contributed by atoms with E-state index in [1.807, 2.05) is 13.0 Å². The monoisotopic (exact) mass is 327 g/mol. The molecule has 1 heterocycles. The minimum atomic E-state index is -0.568. The van der Waals surface area contributed by atoms with E-state index in [2.05, 4.69) is 11.8 Å². The molecule has 0 spiro atoms. The fraction of sp³-hybridized carbons (Fsp3) is 0.647. The van der Waals surface area contributed by atoms with Crippen molar-refractivity contribution in [3.63, 3.8) is 0 Å². The molecule has 2 atom stereocenters. The Hall–Kier alpha value is -0.970. The molecule has 1 aromatic rings. The summed E-state index contributed by atoms with van der Waals surface area (Å²) in [5.74, 6) is 1.67. The van der Waals surface area contributed by atoms with Crippen LogP contribution in [0.15, 0.2) is 12.1 Å². The van der Waals surface area contributed by atoms with Crippen LogP contribution in [0.3, 0.4) is 0 Å². The van der Waals surface area contributed by atoms with Gasteiger partial charge in [-0.2, -0.15) is 0 Å². The first kappa shape index (κ1) is 17.4. The van der Waals surface area contributed by atoms with Gasteiger partial charge in [0.1, 0.15) is 0 Å². The van der Waals surface area contributed by atoms with Crippen LogP contribution in [0.4, 0.5) is 0 Å². The Labute approximate surface area is 138 Å². The Balaban J connectivity index is 2.19.